The number of nitrogens with zero attached hydrogens (tertiary/aromatic N) is 3. The van der Waals surface area contributed by atoms with Crippen LogP contribution < -0.4 is 4.90 Å². The predicted octanol–water partition coefficient (Wildman–Crippen LogP) is 7.04. The minimum absolute atomic E-state index is 0.983. The molecule has 3 nitrogen and oxygen atoms in total. The maximum atomic E-state index is 5.08. The lowest BCUT2D eigenvalue weighted by atomic mass is 10.0. The third kappa shape index (κ3) is 3.02. The number of rotatable bonds is 3. The number of hydrogen-bond donors (Lipinski definition) is 0. The largest absolute Gasteiger partial charge is 0.378 e. The molecule has 0 bridgehead atoms. The molecule has 0 aliphatic heterocycles. The molecule has 3 heteroatoms. The molecule has 0 atom stereocenters. The molecule has 6 aromatic rings. The van der Waals surface area contributed by atoms with Crippen LogP contribution in [0.4, 0.5) is 5.69 Å². The van der Waals surface area contributed by atoms with Crippen LogP contribution in [0.5, 0.6) is 0 Å². The zero-order valence-corrected chi connectivity index (χ0v) is 18.2. The van der Waals surface area contributed by atoms with E-state index >= 15 is 0 Å². The van der Waals surface area contributed by atoms with Crippen molar-refractivity contribution in [3.05, 3.63) is 103 Å². The Morgan fingerprint density at radius 1 is 0.625 bits per heavy atom. The van der Waals surface area contributed by atoms with Gasteiger partial charge in [-0.1, -0.05) is 72.8 Å². The van der Waals surface area contributed by atoms with Gasteiger partial charge in [0.2, 0.25) is 0 Å². The molecule has 4 aromatic carbocycles. The van der Waals surface area contributed by atoms with Crippen LogP contribution >= 0.6 is 0 Å². The van der Waals surface area contributed by atoms with Crippen LogP contribution in [0.2, 0.25) is 0 Å². The first-order valence-corrected chi connectivity index (χ1v) is 10.9. The molecule has 32 heavy (non-hydrogen) atoms. The Morgan fingerprint density at radius 3 is 2.22 bits per heavy atom. The van der Waals surface area contributed by atoms with Crippen molar-refractivity contribution in [3.8, 4) is 22.5 Å². The fraction of sp³-hybridized carbons (Fsp3) is 0.0690. The van der Waals surface area contributed by atoms with E-state index in [1.807, 2.05) is 0 Å². The Labute approximate surface area is 187 Å². The SMILES string of the molecule is CN(C)c1ccc2c(c1)cc(-c1ccccc1)n1nc(-c3ccc4ccccc4c3)cc21. The van der Waals surface area contributed by atoms with E-state index in [0.29, 0.717) is 0 Å². The lowest BCUT2D eigenvalue weighted by Crippen LogP contribution is -2.08. The summed E-state index contributed by atoms with van der Waals surface area (Å²) in [6.45, 7) is 0. The van der Waals surface area contributed by atoms with E-state index < -0.39 is 0 Å². The second-order valence-corrected chi connectivity index (χ2v) is 8.45. The second kappa shape index (κ2) is 7.24. The summed E-state index contributed by atoms with van der Waals surface area (Å²) in [5, 5.41) is 9.97. The van der Waals surface area contributed by atoms with Crippen molar-refractivity contribution >= 4 is 32.7 Å². The first-order valence-electron chi connectivity index (χ1n) is 10.9. The third-order valence-electron chi connectivity index (χ3n) is 6.17. The van der Waals surface area contributed by atoms with E-state index in [2.05, 4.69) is 127 Å². The van der Waals surface area contributed by atoms with Gasteiger partial charge < -0.3 is 4.90 Å². The van der Waals surface area contributed by atoms with Gasteiger partial charge >= 0.3 is 0 Å². The summed E-state index contributed by atoms with van der Waals surface area (Å²) < 4.78 is 2.09. The summed E-state index contributed by atoms with van der Waals surface area (Å²) in [5.74, 6) is 0. The average molecular weight is 414 g/mol. The zero-order chi connectivity index (χ0) is 21.7. The quantitative estimate of drug-likeness (QED) is 0.310. The molecule has 154 valence electrons. The van der Waals surface area contributed by atoms with Gasteiger partial charge in [-0.3, -0.25) is 0 Å². The standard InChI is InChI=1S/C29H23N3/c1-31(2)25-14-15-26-24(17-25)18-28(21-9-4-3-5-10-21)32-29(26)19-27(30-32)23-13-12-20-8-6-7-11-22(20)16-23/h3-19H,1-2H3. The van der Waals surface area contributed by atoms with E-state index in [4.69, 9.17) is 5.10 Å². The van der Waals surface area contributed by atoms with E-state index in [1.165, 1.54) is 27.2 Å². The minimum atomic E-state index is 0.983. The molecule has 6 rings (SSSR count). The Bertz CT molecular complexity index is 1590. The van der Waals surface area contributed by atoms with Crippen molar-refractivity contribution in [1.29, 1.82) is 0 Å². The lowest BCUT2D eigenvalue weighted by molar-refractivity contribution is 0.979. The number of anilines is 1. The maximum Gasteiger partial charge on any atom is 0.0934 e. The first kappa shape index (κ1) is 18.6. The molecule has 0 spiro atoms. The molecule has 2 aromatic heterocycles. The van der Waals surface area contributed by atoms with Crippen LogP contribution in [0.3, 0.4) is 0 Å². The Kier molecular flexibility index (Phi) is 4.22. The lowest BCUT2D eigenvalue weighted by Gasteiger charge is -2.14. The Balaban J connectivity index is 1.64. The van der Waals surface area contributed by atoms with Gasteiger partial charge in [-0.2, -0.15) is 5.10 Å². The first-order chi connectivity index (χ1) is 15.7. The van der Waals surface area contributed by atoms with Crippen molar-refractivity contribution in [2.24, 2.45) is 0 Å². The minimum Gasteiger partial charge on any atom is -0.378 e. The predicted molar refractivity (Wildman–Crippen MR) is 135 cm³/mol. The van der Waals surface area contributed by atoms with E-state index in [9.17, 15) is 0 Å². The Hall–Kier alpha value is -4.11. The zero-order valence-electron chi connectivity index (χ0n) is 18.2. The van der Waals surface area contributed by atoms with Crippen molar-refractivity contribution in [1.82, 2.24) is 9.61 Å². The molecule has 0 aliphatic rings. The van der Waals surface area contributed by atoms with Crippen LogP contribution in [-0.2, 0) is 0 Å². The highest BCUT2D eigenvalue weighted by molar-refractivity contribution is 6.01. The summed E-state index contributed by atoms with van der Waals surface area (Å²) >= 11 is 0. The topological polar surface area (TPSA) is 20.5 Å². The average Bonchev–Trinajstić information content (AvgIpc) is 3.29. The third-order valence-corrected chi connectivity index (χ3v) is 6.17. The molecular weight excluding hydrogens is 390 g/mol. The van der Waals surface area contributed by atoms with Gasteiger partial charge in [0, 0.05) is 36.3 Å². The van der Waals surface area contributed by atoms with Crippen LogP contribution in [0, 0.1) is 0 Å². The maximum absolute atomic E-state index is 5.08. The van der Waals surface area contributed by atoms with E-state index in [1.54, 1.807) is 0 Å². The van der Waals surface area contributed by atoms with Crippen molar-refractivity contribution in [2.45, 2.75) is 0 Å². The second-order valence-electron chi connectivity index (χ2n) is 8.45. The highest BCUT2D eigenvalue weighted by Gasteiger charge is 2.14. The molecule has 0 saturated heterocycles. The van der Waals surface area contributed by atoms with Gasteiger partial charge in [0.1, 0.15) is 0 Å². The molecule has 0 saturated carbocycles. The smallest absolute Gasteiger partial charge is 0.0934 e. The molecule has 0 amide bonds. The molecule has 0 N–H and O–H groups in total. The van der Waals surface area contributed by atoms with Crippen molar-refractivity contribution < 1.29 is 0 Å². The normalized spacial score (nSPS) is 11.4. The summed E-state index contributed by atoms with van der Waals surface area (Å²) in [6.07, 6.45) is 0. The van der Waals surface area contributed by atoms with Gasteiger partial charge in [-0.15, -0.1) is 0 Å². The monoisotopic (exact) mass is 413 g/mol. The summed E-state index contributed by atoms with van der Waals surface area (Å²) in [5.41, 5.74) is 6.67. The highest BCUT2D eigenvalue weighted by Crippen LogP contribution is 2.33. The van der Waals surface area contributed by atoms with E-state index in [0.717, 1.165) is 28.0 Å². The summed E-state index contributed by atoms with van der Waals surface area (Å²) in [7, 11) is 4.16. The van der Waals surface area contributed by atoms with Gasteiger partial charge in [0.15, 0.2) is 0 Å². The van der Waals surface area contributed by atoms with Gasteiger partial charge in [-0.25, -0.2) is 4.52 Å². The number of pyridine rings is 1. The van der Waals surface area contributed by atoms with Crippen LogP contribution in [-0.4, -0.2) is 23.7 Å². The number of aromatic nitrogens is 2. The summed E-state index contributed by atoms with van der Waals surface area (Å²) in [4.78, 5) is 2.14. The number of fused-ring (bicyclic) bond motifs is 4. The van der Waals surface area contributed by atoms with Crippen LogP contribution in [0.25, 0.3) is 49.6 Å². The van der Waals surface area contributed by atoms with Crippen LogP contribution in [0.1, 0.15) is 0 Å². The van der Waals surface area contributed by atoms with Gasteiger partial charge in [-0.05, 0) is 46.5 Å². The Morgan fingerprint density at radius 2 is 1.41 bits per heavy atom. The number of hydrogen-bond acceptors (Lipinski definition) is 2. The number of benzene rings is 4. The molecule has 0 fully saturated rings. The van der Waals surface area contributed by atoms with E-state index in [-0.39, 0.29) is 0 Å². The molecule has 0 unspecified atom stereocenters. The van der Waals surface area contributed by atoms with Crippen molar-refractivity contribution in [3.63, 3.8) is 0 Å². The van der Waals surface area contributed by atoms with Crippen LogP contribution in [0.15, 0.2) is 103 Å². The van der Waals surface area contributed by atoms with Crippen molar-refractivity contribution in [2.75, 3.05) is 19.0 Å². The molecule has 0 radical (unpaired) electrons. The molecular formula is C29H23N3. The fourth-order valence-corrected chi connectivity index (χ4v) is 4.45. The molecule has 0 aliphatic carbocycles. The fourth-order valence-electron chi connectivity index (χ4n) is 4.45. The highest BCUT2D eigenvalue weighted by atomic mass is 15.2. The van der Waals surface area contributed by atoms with Gasteiger partial charge in [0.05, 0.1) is 16.9 Å². The summed E-state index contributed by atoms with van der Waals surface area (Å²) in [6, 6.07) is 36.6. The molecule has 2 heterocycles. The van der Waals surface area contributed by atoms with Gasteiger partial charge in [0.25, 0.3) is 0 Å².